The van der Waals surface area contributed by atoms with Gasteiger partial charge in [0.05, 0.1) is 18.8 Å². The molecule has 2 amide bonds. The summed E-state index contributed by atoms with van der Waals surface area (Å²) in [6.45, 7) is -0.271. The molecule has 0 radical (unpaired) electrons. The molecule has 2 aromatic carbocycles. The molecule has 8 heteroatoms. The van der Waals surface area contributed by atoms with Gasteiger partial charge in [0.15, 0.2) is 0 Å². The van der Waals surface area contributed by atoms with Crippen molar-refractivity contribution in [2.45, 2.75) is 37.8 Å². The van der Waals surface area contributed by atoms with Gasteiger partial charge in [-0.05, 0) is 48.2 Å². The van der Waals surface area contributed by atoms with Gasteiger partial charge in [-0.2, -0.15) is 18.6 Å². The Morgan fingerprint density at radius 3 is 2.44 bits per heavy atom. The highest BCUT2D eigenvalue weighted by Crippen LogP contribution is 2.21. The van der Waals surface area contributed by atoms with E-state index in [1.807, 2.05) is 12.1 Å². The van der Waals surface area contributed by atoms with E-state index in [2.05, 4.69) is 20.8 Å². The smallest absolute Gasteiger partial charge is 0.251 e. The van der Waals surface area contributed by atoms with Crippen LogP contribution >= 0.6 is 13.5 Å². The Bertz CT molecular complexity index is 1030. The summed E-state index contributed by atoms with van der Waals surface area (Å²) in [5, 5.41) is 22.5. The molecule has 0 unspecified atom stereocenters. The third-order valence-corrected chi connectivity index (χ3v) is 5.71. The lowest BCUT2D eigenvalue weighted by molar-refractivity contribution is 0.0915. The summed E-state index contributed by atoms with van der Waals surface area (Å²) in [7, 11) is 0. The van der Waals surface area contributed by atoms with Crippen LogP contribution in [0.5, 0.6) is 0 Å². The van der Waals surface area contributed by atoms with Crippen molar-refractivity contribution in [1.82, 2.24) is 20.8 Å². The number of aromatic amines is 1. The molecule has 1 aliphatic rings. The first-order chi connectivity index (χ1) is 15.1. The van der Waals surface area contributed by atoms with E-state index in [1.165, 1.54) is 0 Å². The first kappa shape index (κ1) is 23.6. The second-order valence-electron chi connectivity index (χ2n) is 7.85. The topological polar surface area (TPSA) is 107 Å². The van der Waals surface area contributed by atoms with Crippen molar-refractivity contribution in [3.8, 4) is 11.1 Å². The number of benzene rings is 2. The molecule has 0 spiro atoms. The van der Waals surface area contributed by atoms with Gasteiger partial charge in [0.25, 0.3) is 11.8 Å². The highest BCUT2D eigenvalue weighted by molar-refractivity contribution is 7.59. The number of carbonyl (C=O) groups excluding carboxylic acids is 2. The van der Waals surface area contributed by atoms with Gasteiger partial charge in [-0.25, -0.2) is 0 Å². The highest BCUT2D eigenvalue weighted by Gasteiger charge is 2.20. The van der Waals surface area contributed by atoms with Crippen molar-refractivity contribution in [3.63, 3.8) is 0 Å². The van der Waals surface area contributed by atoms with Crippen LogP contribution in [-0.2, 0) is 0 Å². The van der Waals surface area contributed by atoms with Gasteiger partial charge in [-0.15, -0.1) is 0 Å². The summed E-state index contributed by atoms with van der Waals surface area (Å²) in [5.74, 6) is -0.412. The molecule has 1 aliphatic carbocycles. The van der Waals surface area contributed by atoms with E-state index in [-0.39, 0.29) is 38.0 Å². The number of aliphatic hydroxyl groups excluding tert-OH is 1. The number of hydrogen-bond acceptors (Lipinski definition) is 4. The summed E-state index contributed by atoms with van der Waals surface area (Å²) < 4.78 is 0. The molecule has 1 fully saturated rings. The Morgan fingerprint density at radius 1 is 1.03 bits per heavy atom. The van der Waals surface area contributed by atoms with Crippen LogP contribution in [0.15, 0.2) is 60.9 Å². The maximum absolute atomic E-state index is 12.7. The quantitative estimate of drug-likeness (QED) is 0.441. The molecule has 0 aliphatic heterocycles. The Hall–Kier alpha value is -3.10. The van der Waals surface area contributed by atoms with Crippen LogP contribution in [0.25, 0.3) is 11.1 Å². The average molecular weight is 453 g/mol. The number of aromatic nitrogens is 2. The van der Waals surface area contributed by atoms with Crippen molar-refractivity contribution in [2.24, 2.45) is 0 Å². The zero-order valence-electron chi connectivity index (χ0n) is 17.7. The van der Waals surface area contributed by atoms with Crippen molar-refractivity contribution < 1.29 is 14.7 Å². The fraction of sp³-hybridized carbons (Fsp3) is 0.292. The lowest BCUT2D eigenvalue weighted by Gasteiger charge is -2.18. The van der Waals surface area contributed by atoms with Crippen LogP contribution in [0.4, 0.5) is 0 Å². The Balaban J connectivity index is 0.00000289. The minimum Gasteiger partial charge on any atom is -0.394 e. The van der Waals surface area contributed by atoms with E-state index in [9.17, 15) is 14.7 Å². The van der Waals surface area contributed by atoms with E-state index in [4.69, 9.17) is 0 Å². The lowest BCUT2D eigenvalue weighted by atomic mass is 10.0. The summed E-state index contributed by atoms with van der Waals surface area (Å²) in [6, 6.07) is 13.8. The zero-order valence-corrected chi connectivity index (χ0v) is 18.7. The summed E-state index contributed by atoms with van der Waals surface area (Å²) in [4.78, 5) is 25.3. The summed E-state index contributed by atoms with van der Waals surface area (Å²) in [6.07, 6.45) is 7.82. The normalized spacial score (nSPS) is 14.4. The molecule has 168 valence electrons. The Morgan fingerprint density at radius 2 is 1.78 bits per heavy atom. The zero-order chi connectivity index (χ0) is 21.6. The van der Waals surface area contributed by atoms with Crippen molar-refractivity contribution in [2.75, 3.05) is 6.61 Å². The van der Waals surface area contributed by atoms with Crippen molar-refractivity contribution >= 4 is 25.3 Å². The van der Waals surface area contributed by atoms with Gasteiger partial charge in [-0.1, -0.05) is 37.1 Å². The maximum Gasteiger partial charge on any atom is 0.251 e. The van der Waals surface area contributed by atoms with Gasteiger partial charge in [0.2, 0.25) is 0 Å². The van der Waals surface area contributed by atoms with Gasteiger partial charge in [0, 0.05) is 28.9 Å². The molecule has 1 atom stereocenters. The number of amides is 2. The predicted molar refractivity (Wildman–Crippen MR) is 128 cm³/mol. The molecular formula is C24H28N4O3S. The number of nitrogens with zero attached hydrogens (tertiary/aromatic N) is 1. The van der Waals surface area contributed by atoms with E-state index in [0.29, 0.717) is 16.7 Å². The Kier molecular flexibility index (Phi) is 8.08. The van der Waals surface area contributed by atoms with Crippen LogP contribution < -0.4 is 10.6 Å². The number of nitrogens with one attached hydrogen (secondary N) is 3. The average Bonchev–Trinajstić information content (AvgIpc) is 3.52. The molecule has 1 heterocycles. The molecule has 1 saturated carbocycles. The molecule has 3 aromatic rings. The van der Waals surface area contributed by atoms with E-state index in [1.54, 1.807) is 48.8 Å². The minimum absolute atomic E-state index is 0. The molecular weight excluding hydrogens is 424 g/mol. The minimum atomic E-state index is -0.611. The van der Waals surface area contributed by atoms with Gasteiger partial charge < -0.3 is 15.7 Å². The van der Waals surface area contributed by atoms with Gasteiger partial charge >= 0.3 is 0 Å². The largest absolute Gasteiger partial charge is 0.394 e. The lowest BCUT2D eigenvalue weighted by Crippen LogP contribution is -2.33. The first-order valence-corrected chi connectivity index (χ1v) is 10.6. The maximum atomic E-state index is 12.7. The fourth-order valence-electron chi connectivity index (χ4n) is 3.93. The molecule has 0 saturated heterocycles. The number of hydrogen-bond donors (Lipinski definition) is 4. The summed E-state index contributed by atoms with van der Waals surface area (Å²) >= 11 is 0. The standard InChI is InChI=1S/C24H26N4O3.H2S/c29-15-22(18-4-3-5-19(12-18)24(31)27-21-6-1-2-7-21)28-23(30)17-10-8-16(9-11-17)20-13-25-26-14-20;/h3-5,8-14,21-22,29H,1-2,6-7,15H2,(H,25,26)(H,27,31)(H,28,30);1H2/t22-;/m1./s1. The SMILES string of the molecule is O=C(NC1CCCC1)c1cccc([C@@H](CO)NC(=O)c2ccc(-c3cn[nH]c3)cc2)c1.S. The van der Waals surface area contributed by atoms with Crippen molar-refractivity contribution in [3.05, 3.63) is 77.6 Å². The van der Waals surface area contributed by atoms with E-state index >= 15 is 0 Å². The number of carbonyl (C=O) groups is 2. The third kappa shape index (κ3) is 5.57. The monoisotopic (exact) mass is 452 g/mol. The predicted octanol–water partition coefficient (Wildman–Crippen LogP) is 3.33. The number of rotatable bonds is 7. The summed E-state index contributed by atoms with van der Waals surface area (Å²) in [5.41, 5.74) is 3.59. The van der Waals surface area contributed by atoms with Gasteiger partial charge in [-0.3, -0.25) is 14.7 Å². The number of H-pyrrole nitrogens is 1. The van der Waals surface area contributed by atoms with Crippen LogP contribution in [0.1, 0.15) is 58.0 Å². The molecule has 7 nitrogen and oxygen atoms in total. The van der Waals surface area contributed by atoms with Crippen molar-refractivity contribution in [1.29, 1.82) is 0 Å². The van der Waals surface area contributed by atoms with Crippen LogP contribution in [0.3, 0.4) is 0 Å². The molecule has 1 aromatic heterocycles. The molecule has 32 heavy (non-hydrogen) atoms. The second kappa shape index (κ2) is 11.0. The molecule has 4 rings (SSSR count). The first-order valence-electron chi connectivity index (χ1n) is 10.6. The molecule has 4 N–H and O–H groups in total. The Labute approximate surface area is 194 Å². The van der Waals surface area contributed by atoms with E-state index < -0.39 is 6.04 Å². The van der Waals surface area contributed by atoms with Crippen LogP contribution in [0.2, 0.25) is 0 Å². The van der Waals surface area contributed by atoms with Crippen LogP contribution in [-0.4, -0.2) is 39.8 Å². The number of aliphatic hydroxyl groups is 1. The third-order valence-electron chi connectivity index (χ3n) is 5.71. The van der Waals surface area contributed by atoms with E-state index in [0.717, 1.165) is 36.8 Å². The van der Waals surface area contributed by atoms with Crippen LogP contribution in [0, 0.1) is 0 Å². The molecule has 0 bridgehead atoms. The fourth-order valence-corrected chi connectivity index (χ4v) is 3.93. The van der Waals surface area contributed by atoms with Gasteiger partial charge in [0.1, 0.15) is 0 Å². The highest BCUT2D eigenvalue weighted by atomic mass is 32.1. The second-order valence-corrected chi connectivity index (χ2v) is 7.85.